The van der Waals surface area contributed by atoms with Gasteiger partial charge in [-0.3, -0.25) is 14.6 Å². The fraction of sp³-hybridized carbons (Fsp3) is 0.0526. The smallest absolute Gasteiger partial charge is 0.272 e. The van der Waals surface area contributed by atoms with Crippen molar-refractivity contribution in [3.63, 3.8) is 0 Å². The van der Waals surface area contributed by atoms with E-state index in [1.54, 1.807) is 43.5 Å². The molecule has 0 bridgehead atoms. The van der Waals surface area contributed by atoms with E-state index in [0.717, 1.165) is 5.56 Å². The topological polar surface area (TPSA) is 83.4 Å². The molecule has 0 fully saturated rings. The van der Waals surface area contributed by atoms with Crippen LogP contribution in [0, 0.1) is 0 Å². The minimum absolute atomic E-state index is 0.156. The van der Waals surface area contributed by atoms with E-state index in [4.69, 9.17) is 0 Å². The summed E-state index contributed by atoms with van der Waals surface area (Å²) in [5.74, 6) is -0.490. The zero-order valence-electron chi connectivity index (χ0n) is 14.0. The number of hydrogen-bond acceptors (Lipinski definition) is 5. The average Bonchev–Trinajstić information content (AvgIpc) is 3.22. The number of hydrazone groups is 1. The summed E-state index contributed by atoms with van der Waals surface area (Å²) in [6, 6.07) is 14.2. The molecule has 3 rings (SSSR count). The van der Waals surface area contributed by atoms with E-state index in [9.17, 15) is 9.59 Å². The molecule has 0 aliphatic heterocycles. The third-order valence-electron chi connectivity index (χ3n) is 3.53. The second-order valence-corrected chi connectivity index (χ2v) is 6.34. The largest absolute Gasteiger partial charge is 0.321 e. The van der Waals surface area contributed by atoms with Gasteiger partial charge >= 0.3 is 0 Å². The van der Waals surface area contributed by atoms with Gasteiger partial charge in [-0.2, -0.15) is 5.10 Å². The highest BCUT2D eigenvalue weighted by Gasteiger charge is 2.08. The molecule has 0 aliphatic carbocycles. The van der Waals surface area contributed by atoms with Gasteiger partial charge in [-0.15, -0.1) is 11.3 Å². The number of carbonyl (C=O) groups excluding carboxylic acids is 2. The lowest BCUT2D eigenvalue weighted by atomic mass is 10.1. The highest BCUT2D eigenvalue weighted by molar-refractivity contribution is 7.12. The number of anilines is 1. The Morgan fingerprint density at radius 2 is 1.88 bits per heavy atom. The van der Waals surface area contributed by atoms with Gasteiger partial charge < -0.3 is 5.32 Å². The minimum Gasteiger partial charge on any atom is -0.321 e. The van der Waals surface area contributed by atoms with Gasteiger partial charge in [0, 0.05) is 18.1 Å². The molecule has 0 aliphatic rings. The van der Waals surface area contributed by atoms with E-state index in [2.05, 4.69) is 20.8 Å². The highest BCUT2D eigenvalue weighted by Crippen LogP contribution is 2.15. The second kappa shape index (κ2) is 8.17. The predicted molar refractivity (Wildman–Crippen MR) is 103 cm³/mol. The third kappa shape index (κ3) is 4.40. The summed E-state index contributed by atoms with van der Waals surface area (Å²) >= 11 is 1.38. The van der Waals surface area contributed by atoms with Gasteiger partial charge in [0.15, 0.2) is 0 Å². The van der Waals surface area contributed by atoms with Crippen molar-refractivity contribution >= 4 is 34.6 Å². The van der Waals surface area contributed by atoms with Crippen LogP contribution in [-0.4, -0.2) is 22.5 Å². The Morgan fingerprint density at radius 1 is 1.04 bits per heavy atom. The average molecular weight is 364 g/mol. The van der Waals surface area contributed by atoms with Crippen molar-refractivity contribution in [1.82, 2.24) is 10.4 Å². The van der Waals surface area contributed by atoms with Gasteiger partial charge in [-0.1, -0.05) is 18.2 Å². The third-order valence-corrected chi connectivity index (χ3v) is 4.40. The lowest BCUT2D eigenvalue weighted by Crippen LogP contribution is -2.19. The lowest BCUT2D eigenvalue weighted by Gasteiger charge is -2.07. The molecule has 2 amide bonds. The number of benzene rings is 1. The summed E-state index contributed by atoms with van der Waals surface area (Å²) in [5.41, 5.74) is 5.01. The van der Waals surface area contributed by atoms with Crippen LogP contribution in [-0.2, 0) is 0 Å². The molecule has 2 N–H and O–H groups in total. The van der Waals surface area contributed by atoms with Gasteiger partial charge in [0.05, 0.1) is 16.2 Å². The Labute approximate surface area is 154 Å². The first kappa shape index (κ1) is 17.5. The molecule has 7 heteroatoms. The number of nitrogens with zero attached hydrogens (tertiary/aromatic N) is 2. The van der Waals surface area contributed by atoms with E-state index in [1.807, 2.05) is 23.6 Å². The number of rotatable bonds is 5. The molecule has 1 aromatic carbocycles. The van der Waals surface area contributed by atoms with Gasteiger partial charge in [0.1, 0.15) is 0 Å². The summed E-state index contributed by atoms with van der Waals surface area (Å²) < 4.78 is 0. The predicted octanol–water partition coefficient (Wildman–Crippen LogP) is 3.55. The summed E-state index contributed by atoms with van der Waals surface area (Å²) in [5, 5.41) is 8.82. The molecule has 2 aromatic heterocycles. The number of thiophene rings is 1. The van der Waals surface area contributed by atoms with Crippen molar-refractivity contribution in [2.75, 3.05) is 5.32 Å². The molecule has 2 heterocycles. The van der Waals surface area contributed by atoms with Crippen LogP contribution in [0.4, 0.5) is 5.69 Å². The van der Waals surface area contributed by atoms with Gasteiger partial charge in [0.25, 0.3) is 11.8 Å². The van der Waals surface area contributed by atoms with E-state index in [-0.39, 0.29) is 11.8 Å². The summed E-state index contributed by atoms with van der Waals surface area (Å²) in [7, 11) is 0. The Balaban J connectivity index is 1.68. The van der Waals surface area contributed by atoms with Crippen LogP contribution in [0.15, 0.2) is 71.4 Å². The van der Waals surface area contributed by atoms with Crippen molar-refractivity contribution in [3.05, 3.63) is 82.3 Å². The maximum atomic E-state index is 12.1. The van der Waals surface area contributed by atoms with Crippen LogP contribution < -0.4 is 10.7 Å². The molecule has 0 radical (unpaired) electrons. The minimum atomic E-state index is -0.334. The monoisotopic (exact) mass is 364 g/mol. The molecule has 0 spiro atoms. The Bertz CT molecular complexity index is 937. The normalized spacial score (nSPS) is 11.0. The van der Waals surface area contributed by atoms with Crippen LogP contribution in [0.25, 0.3) is 0 Å². The maximum Gasteiger partial charge on any atom is 0.272 e. The summed E-state index contributed by atoms with van der Waals surface area (Å²) in [6.07, 6.45) is 3.07. The number of aromatic nitrogens is 1. The Morgan fingerprint density at radius 3 is 2.62 bits per heavy atom. The van der Waals surface area contributed by atoms with E-state index in [1.165, 1.54) is 17.5 Å². The summed E-state index contributed by atoms with van der Waals surface area (Å²) in [6.45, 7) is 1.78. The van der Waals surface area contributed by atoms with Crippen LogP contribution in [0.2, 0.25) is 0 Å². The number of pyridine rings is 1. The van der Waals surface area contributed by atoms with Crippen LogP contribution in [0.3, 0.4) is 0 Å². The highest BCUT2D eigenvalue weighted by atomic mass is 32.1. The molecule has 26 heavy (non-hydrogen) atoms. The number of nitrogens with one attached hydrogen (secondary N) is 2. The van der Waals surface area contributed by atoms with E-state index >= 15 is 0 Å². The van der Waals surface area contributed by atoms with Crippen molar-refractivity contribution in [1.29, 1.82) is 0 Å². The fourth-order valence-electron chi connectivity index (χ4n) is 2.18. The van der Waals surface area contributed by atoms with Crippen LogP contribution in [0.5, 0.6) is 0 Å². The Hall–Kier alpha value is -3.32. The molecular formula is C19H16N4O2S. The standard InChI is InChI=1S/C19H16N4O2S/c1-13(22-23-18(24)15-6-3-9-20-12-15)14-5-2-7-16(11-14)21-19(25)17-8-4-10-26-17/h2-12H,1H3,(H,21,25)(H,23,24)/b22-13-. The van der Waals surface area contributed by atoms with Crippen molar-refractivity contribution in [2.45, 2.75) is 6.92 Å². The molecule has 130 valence electrons. The van der Waals surface area contributed by atoms with Crippen LogP contribution >= 0.6 is 11.3 Å². The van der Waals surface area contributed by atoms with Crippen molar-refractivity contribution in [2.24, 2.45) is 5.10 Å². The molecule has 0 atom stereocenters. The van der Waals surface area contributed by atoms with Crippen molar-refractivity contribution < 1.29 is 9.59 Å². The lowest BCUT2D eigenvalue weighted by molar-refractivity contribution is 0.0953. The summed E-state index contributed by atoms with van der Waals surface area (Å²) in [4.78, 5) is 28.7. The fourth-order valence-corrected chi connectivity index (χ4v) is 2.80. The first-order chi connectivity index (χ1) is 12.6. The van der Waals surface area contributed by atoms with E-state index in [0.29, 0.717) is 21.8 Å². The van der Waals surface area contributed by atoms with Crippen LogP contribution in [0.1, 0.15) is 32.5 Å². The molecule has 6 nitrogen and oxygen atoms in total. The number of carbonyl (C=O) groups is 2. The first-order valence-corrected chi connectivity index (χ1v) is 8.71. The number of amides is 2. The zero-order chi connectivity index (χ0) is 18.4. The van der Waals surface area contributed by atoms with E-state index < -0.39 is 0 Å². The first-order valence-electron chi connectivity index (χ1n) is 7.83. The van der Waals surface area contributed by atoms with Crippen molar-refractivity contribution in [3.8, 4) is 0 Å². The molecule has 3 aromatic rings. The maximum absolute atomic E-state index is 12.1. The number of hydrogen-bond donors (Lipinski definition) is 2. The second-order valence-electron chi connectivity index (χ2n) is 5.39. The molecular weight excluding hydrogens is 348 g/mol. The SMILES string of the molecule is C/C(=N/NC(=O)c1cccnc1)c1cccc(NC(=O)c2cccs2)c1. The zero-order valence-corrected chi connectivity index (χ0v) is 14.8. The van der Waals surface area contributed by atoms with Gasteiger partial charge in [-0.25, -0.2) is 5.43 Å². The molecule has 0 saturated heterocycles. The van der Waals surface area contributed by atoms with Gasteiger partial charge in [-0.05, 0) is 48.2 Å². The van der Waals surface area contributed by atoms with Gasteiger partial charge in [0.2, 0.25) is 0 Å². The molecule has 0 saturated carbocycles. The molecule has 0 unspecified atom stereocenters. The quantitative estimate of drug-likeness (QED) is 0.536. The Kier molecular flexibility index (Phi) is 5.50.